The summed E-state index contributed by atoms with van der Waals surface area (Å²) in [4.78, 5) is 4.96. The number of fused-ring (bicyclic) bond motifs is 3. The zero-order chi connectivity index (χ0) is 38.0. The number of hydrogen-bond donors (Lipinski definition) is 0. The Bertz CT molecular complexity index is 2740. The van der Waals surface area contributed by atoms with E-state index >= 15 is 0 Å². The lowest BCUT2D eigenvalue weighted by Gasteiger charge is -2.34. The Morgan fingerprint density at radius 2 is 1.21 bits per heavy atom. The molecule has 3 aliphatic rings. The summed E-state index contributed by atoms with van der Waals surface area (Å²) in [6.07, 6.45) is 25.8. The number of para-hydroxylation sites is 2. The Morgan fingerprint density at radius 3 is 1.93 bits per heavy atom. The molecular weight excluding hydrogens is 691 g/mol. The van der Waals surface area contributed by atoms with E-state index in [1.165, 1.54) is 72.5 Å². The van der Waals surface area contributed by atoms with Gasteiger partial charge in [0.2, 0.25) is 0 Å². The van der Waals surface area contributed by atoms with Gasteiger partial charge in [0.05, 0.1) is 17.1 Å². The first-order valence-corrected chi connectivity index (χ1v) is 20.3. The van der Waals surface area contributed by atoms with E-state index in [1.807, 2.05) is 0 Å². The van der Waals surface area contributed by atoms with Crippen LogP contribution in [0.2, 0.25) is 0 Å². The highest BCUT2D eigenvalue weighted by Crippen LogP contribution is 2.41. The molecule has 1 heterocycles. The maximum absolute atomic E-state index is 2.51. The lowest BCUT2D eigenvalue weighted by atomic mass is 9.91. The van der Waals surface area contributed by atoms with Crippen molar-refractivity contribution in [2.45, 2.75) is 38.1 Å². The summed E-state index contributed by atoms with van der Waals surface area (Å²) in [5.74, 6) is 0. The molecule has 1 atom stereocenters. The Labute approximate surface area is 335 Å². The van der Waals surface area contributed by atoms with Gasteiger partial charge in [0.15, 0.2) is 0 Å². The minimum atomic E-state index is 0.183. The lowest BCUT2D eigenvalue weighted by molar-refractivity contribution is 0.785. The summed E-state index contributed by atoms with van der Waals surface area (Å²) in [5.41, 5.74) is 14.8. The van der Waals surface area contributed by atoms with Gasteiger partial charge < -0.3 is 14.4 Å². The molecule has 0 saturated carbocycles. The van der Waals surface area contributed by atoms with Crippen molar-refractivity contribution in [3.8, 4) is 16.8 Å². The molecule has 0 N–H and O–H groups in total. The summed E-state index contributed by atoms with van der Waals surface area (Å²) < 4.78 is 2.41. The minimum Gasteiger partial charge on any atom is -0.334 e. The lowest BCUT2D eigenvalue weighted by Crippen LogP contribution is -2.29. The van der Waals surface area contributed by atoms with Crippen LogP contribution in [0.5, 0.6) is 0 Å². The molecule has 0 amide bonds. The van der Waals surface area contributed by atoms with Crippen LogP contribution in [0.3, 0.4) is 0 Å². The van der Waals surface area contributed by atoms with Gasteiger partial charge in [-0.1, -0.05) is 134 Å². The molecular formula is C54H45N3. The molecule has 1 aromatic heterocycles. The van der Waals surface area contributed by atoms with Crippen LogP contribution < -0.4 is 9.80 Å². The van der Waals surface area contributed by atoms with E-state index < -0.39 is 0 Å². The highest BCUT2D eigenvalue weighted by molar-refractivity contribution is 6.10. The van der Waals surface area contributed by atoms with Crippen LogP contribution in [0.1, 0.15) is 32.1 Å². The Kier molecular flexibility index (Phi) is 9.33. The van der Waals surface area contributed by atoms with Crippen LogP contribution in [0, 0.1) is 0 Å². The van der Waals surface area contributed by atoms with Crippen LogP contribution in [0.25, 0.3) is 38.6 Å². The molecule has 3 aliphatic carbocycles. The van der Waals surface area contributed by atoms with Gasteiger partial charge in [-0.25, -0.2) is 0 Å². The van der Waals surface area contributed by atoms with Gasteiger partial charge in [0, 0.05) is 44.9 Å². The van der Waals surface area contributed by atoms with Crippen LogP contribution in [0.4, 0.5) is 22.7 Å². The highest BCUT2D eigenvalue weighted by atomic mass is 15.2. The number of hydrogen-bond acceptors (Lipinski definition) is 2. The van der Waals surface area contributed by atoms with Gasteiger partial charge in [0.25, 0.3) is 0 Å². The topological polar surface area (TPSA) is 11.4 Å². The molecule has 0 aliphatic heterocycles. The summed E-state index contributed by atoms with van der Waals surface area (Å²) in [5, 5.41) is 2.53. The largest absolute Gasteiger partial charge is 0.334 e. The second-order valence-electron chi connectivity index (χ2n) is 15.1. The number of allylic oxidation sites excluding steroid dienone is 10. The molecule has 10 rings (SSSR count). The molecule has 57 heavy (non-hydrogen) atoms. The van der Waals surface area contributed by atoms with Crippen molar-refractivity contribution in [3.05, 3.63) is 223 Å². The van der Waals surface area contributed by atoms with Crippen LogP contribution >= 0.6 is 0 Å². The van der Waals surface area contributed by atoms with Crippen molar-refractivity contribution in [3.63, 3.8) is 0 Å². The van der Waals surface area contributed by atoms with Crippen molar-refractivity contribution < 1.29 is 0 Å². The van der Waals surface area contributed by atoms with Crippen LogP contribution in [-0.4, -0.2) is 10.6 Å². The number of rotatable bonds is 9. The molecule has 276 valence electrons. The van der Waals surface area contributed by atoms with Crippen molar-refractivity contribution in [1.82, 2.24) is 4.57 Å². The van der Waals surface area contributed by atoms with Crippen LogP contribution in [-0.2, 0) is 0 Å². The zero-order valence-corrected chi connectivity index (χ0v) is 32.1. The molecule has 0 radical (unpaired) electrons. The van der Waals surface area contributed by atoms with Gasteiger partial charge in [-0.2, -0.15) is 0 Å². The van der Waals surface area contributed by atoms with Crippen LogP contribution in [0.15, 0.2) is 223 Å². The third kappa shape index (κ3) is 6.76. The quantitative estimate of drug-likeness (QED) is 0.146. The maximum atomic E-state index is 2.51. The first-order chi connectivity index (χ1) is 28.3. The molecule has 6 aromatic carbocycles. The fraction of sp³-hybridized carbons (Fsp3) is 0.111. The second kappa shape index (κ2) is 15.4. The summed E-state index contributed by atoms with van der Waals surface area (Å²) in [7, 11) is 0. The third-order valence-electron chi connectivity index (χ3n) is 11.6. The number of aromatic nitrogens is 1. The van der Waals surface area contributed by atoms with E-state index in [0.717, 1.165) is 37.8 Å². The Morgan fingerprint density at radius 1 is 0.526 bits per heavy atom. The molecule has 3 nitrogen and oxygen atoms in total. The number of nitrogens with zero attached hydrogens (tertiary/aromatic N) is 3. The number of anilines is 4. The zero-order valence-electron chi connectivity index (χ0n) is 32.1. The number of benzene rings is 6. The molecule has 0 fully saturated rings. The van der Waals surface area contributed by atoms with E-state index in [0.29, 0.717) is 0 Å². The average molecular weight is 736 g/mol. The van der Waals surface area contributed by atoms with E-state index in [9.17, 15) is 0 Å². The minimum absolute atomic E-state index is 0.183. The van der Waals surface area contributed by atoms with E-state index in [4.69, 9.17) is 0 Å². The maximum Gasteiger partial charge on any atom is 0.0561 e. The van der Waals surface area contributed by atoms with Gasteiger partial charge in [0.1, 0.15) is 0 Å². The van der Waals surface area contributed by atoms with E-state index in [2.05, 4.69) is 221 Å². The average Bonchev–Trinajstić information content (AvgIpc) is 3.62. The molecule has 0 bridgehead atoms. The molecule has 7 aromatic rings. The van der Waals surface area contributed by atoms with Gasteiger partial charge >= 0.3 is 0 Å². The van der Waals surface area contributed by atoms with Crippen molar-refractivity contribution in [1.29, 1.82) is 0 Å². The Hall–Kier alpha value is -6.84. The normalized spacial score (nSPS) is 16.4. The summed E-state index contributed by atoms with van der Waals surface area (Å²) in [6, 6.07) is 55.6. The van der Waals surface area contributed by atoms with Gasteiger partial charge in [-0.15, -0.1) is 0 Å². The van der Waals surface area contributed by atoms with Gasteiger partial charge in [-0.3, -0.25) is 0 Å². The predicted octanol–water partition coefficient (Wildman–Crippen LogP) is 14.5. The first kappa shape index (κ1) is 34.6. The molecule has 0 spiro atoms. The van der Waals surface area contributed by atoms with Crippen molar-refractivity contribution in [2.24, 2.45) is 0 Å². The van der Waals surface area contributed by atoms with Crippen molar-refractivity contribution >= 4 is 44.6 Å². The SMILES string of the molecule is C1=CCC(N(c2ccc(N(C3=CC=C(C4=CCCC=C4)CC3)c3ccc(-c4ccccc4)cc3)cc2)c2ccc3c4ccccc4n(-c4ccccc4)c3c2)C=C1. The van der Waals surface area contributed by atoms with Crippen molar-refractivity contribution in [2.75, 3.05) is 9.80 Å². The first-order valence-electron chi connectivity index (χ1n) is 20.3. The molecule has 3 heteroatoms. The molecule has 0 saturated heterocycles. The highest BCUT2D eigenvalue weighted by Gasteiger charge is 2.23. The Balaban J connectivity index is 1.06. The van der Waals surface area contributed by atoms with E-state index in [1.54, 1.807) is 0 Å². The monoisotopic (exact) mass is 735 g/mol. The molecule has 1 unspecified atom stereocenters. The second-order valence-corrected chi connectivity index (χ2v) is 15.1. The van der Waals surface area contributed by atoms with E-state index in [-0.39, 0.29) is 6.04 Å². The van der Waals surface area contributed by atoms with Gasteiger partial charge in [-0.05, 0) is 127 Å². The fourth-order valence-corrected chi connectivity index (χ4v) is 8.84. The predicted molar refractivity (Wildman–Crippen MR) is 242 cm³/mol. The summed E-state index contributed by atoms with van der Waals surface area (Å²) >= 11 is 0. The standard InChI is InChI=1S/C54H45N3/c1-5-15-40(16-6-1)42-25-29-46(30-26-42)55(47-31-27-43(28-32-47)41-17-7-2-8-18-41)48-33-35-49(36-34-48)56(44-19-9-3-10-20-44)50-37-38-52-51-23-13-14-24-53(51)57(54(52)39-50)45-21-11-4-12-22-45/h1,3-7,9-19,21-27,29-31,33-39,44H,2,8,20,28,32H2. The third-order valence-corrected chi connectivity index (χ3v) is 11.6. The smallest absolute Gasteiger partial charge is 0.0561 e. The fourth-order valence-electron chi connectivity index (χ4n) is 8.84. The summed E-state index contributed by atoms with van der Waals surface area (Å²) in [6.45, 7) is 0.